The summed E-state index contributed by atoms with van der Waals surface area (Å²) in [5.74, 6) is 0.600. The molecule has 5 nitrogen and oxygen atoms in total. The molecule has 1 N–H and O–H groups in total. The molecule has 0 aliphatic carbocycles. The van der Waals surface area contributed by atoms with Gasteiger partial charge in [-0.05, 0) is 58.9 Å². The summed E-state index contributed by atoms with van der Waals surface area (Å²) in [6.45, 7) is 10.3. The Labute approximate surface area is 157 Å². The molecule has 2 aromatic carbocycles. The Morgan fingerprint density at radius 2 is 1.54 bits per heavy atom. The van der Waals surface area contributed by atoms with Gasteiger partial charge < -0.3 is 9.64 Å². The Hall–Kier alpha value is -2.21. The van der Waals surface area contributed by atoms with Crippen molar-refractivity contribution in [2.24, 2.45) is 0 Å². The lowest BCUT2D eigenvalue weighted by molar-refractivity contribution is 0.415. The van der Waals surface area contributed by atoms with Crippen LogP contribution in [0.25, 0.3) is 0 Å². The summed E-state index contributed by atoms with van der Waals surface area (Å²) < 4.78 is 33.7. The highest BCUT2D eigenvalue weighted by atomic mass is 32.2. The Balaban J connectivity index is 2.51. The molecule has 0 aliphatic rings. The highest BCUT2D eigenvalue weighted by molar-refractivity contribution is 7.92. The van der Waals surface area contributed by atoms with E-state index in [2.05, 4.69) is 37.3 Å². The molecule has 0 heterocycles. The summed E-state index contributed by atoms with van der Waals surface area (Å²) in [5.41, 5.74) is 2.34. The number of rotatable bonds is 7. The van der Waals surface area contributed by atoms with E-state index in [1.165, 1.54) is 0 Å². The summed E-state index contributed by atoms with van der Waals surface area (Å²) in [6.07, 6.45) is 0. The van der Waals surface area contributed by atoms with E-state index in [-0.39, 0.29) is 17.0 Å². The first-order valence-corrected chi connectivity index (χ1v) is 10.2. The second-order valence-corrected chi connectivity index (χ2v) is 8.58. The lowest BCUT2D eigenvalue weighted by atomic mass is 10.1. The van der Waals surface area contributed by atoms with Crippen molar-refractivity contribution in [3.63, 3.8) is 0 Å². The lowest BCUT2D eigenvalue weighted by Crippen LogP contribution is -2.37. The fourth-order valence-corrected chi connectivity index (χ4v) is 4.09. The van der Waals surface area contributed by atoms with Crippen LogP contribution in [0.5, 0.6) is 5.75 Å². The molecule has 0 aromatic heterocycles. The molecule has 0 fully saturated rings. The SMILES string of the molecule is COc1ccc(N(C(C)C)C(C)C)c(NS(=O)(=O)c2ccc(C)cc2)c1. The van der Waals surface area contributed by atoms with Gasteiger partial charge in [-0.25, -0.2) is 8.42 Å². The molecule has 0 unspecified atom stereocenters. The van der Waals surface area contributed by atoms with Gasteiger partial charge in [0.2, 0.25) is 0 Å². The van der Waals surface area contributed by atoms with Crippen molar-refractivity contribution in [3.8, 4) is 5.75 Å². The monoisotopic (exact) mass is 376 g/mol. The Bertz CT molecular complexity index is 836. The number of hydrogen-bond acceptors (Lipinski definition) is 4. The second-order valence-electron chi connectivity index (χ2n) is 6.90. The quantitative estimate of drug-likeness (QED) is 0.777. The van der Waals surface area contributed by atoms with Crippen LogP contribution in [-0.2, 0) is 10.0 Å². The lowest BCUT2D eigenvalue weighted by Gasteiger charge is -2.34. The number of aryl methyl sites for hydroxylation is 1. The van der Waals surface area contributed by atoms with E-state index in [1.54, 1.807) is 37.4 Å². The maximum absolute atomic E-state index is 12.9. The number of hydrogen-bond donors (Lipinski definition) is 1. The molecule has 0 spiro atoms. The van der Waals surface area contributed by atoms with Crippen LogP contribution in [0.15, 0.2) is 47.4 Å². The van der Waals surface area contributed by atoms with Gasteiger partial charge in [0.15, 0.2) is 0 Å². The highest BCUT2D eigenvalue weighted by Gasteiger charge is 2.22. The Kier molecular flexibility index (Phi) is 6.18. The Morgan fingerprint density at radius 1 is 0.962 bits per heavy atom. The predicted molar refractivity (Wildman–Crippen MR) is 108 cm³/mol. The van der Waals surface area contributed by atoms with Gasteiger partial charge in [0, 0.05) is 18.2 Å². The molecule has 2 rings (SSSR count). The third-order valence-corrected chi connectivity index (χ3v) is 5.55. The van der Waals surface area contributed by atoms with Crippen molar-refractivity contribution in [2.45, 2.75) is 51.6 Å². The number of anilines is 2. The zero-order chi connectivity index (χ0) is 19.5. The summed E-state index contributed by atoms with van der Waals surface area (Å²) in [7, 11) is -2.13. The molecular weight excluding hydrogens is 348 g/mol. The molecule has 2 aromatic rings. The smallest absolute Gasteiger partial charge is 0.261 e. The first kappa shape index (κ1) is 20.1. The number of nitrogens with zero attached hydrogens (tertiary/aromatic N) is 1. The average Bonchev–Trinajstić information content (AvgIpc) is 2.55. The van der Waals surface area contributed by atoms with Gasteiger partial charge in [0.05, 0.1) is 23.4 Å². The Morgan fingerprint density at radius 3 is 2.04 bits per heavy atom. The number of nitrogens with one attached hydrogen (secondary N) is 1. The minimum Gasteiger partial charge on any atom is -0.497 e. The topological polar surface area (TPSA) is 58.6 Å². The number of ether oxygens (including phenoxy) is 1. The molecule has 0 atom stereocenters. The van der Waals surface area contributed by atoms with E-state index >= 15 is 0 Å². The van der Waals surface area contributed by atoms with Gasteiger partial charge in [-0.15, -0.1) is 0 Å². The fraction of sp³-hybridized carbons (Fsp3) is 0.400. The minimum absolute atomic E-state index is 0.214. The van der Waals surface area contributed by atoms with E-state index in [1.807, 2.05) is 19.1 Å². The normalized spacial score (nSPS) is 11.7. The van der Waals surface area contributed by atoms with E-state index in [9.17, 15) is 8.42 Å². The second kappa shape index (κ2) is 7.99. The van der Waals surface area contributed by atoms with Crippen molar-refractivity contribution in [1.29, 1.82) is 0 Å². The van der Waals surface area contributed by atoms with Gasteiger partial charge in [-0.3, -0.25) is 4.72 Å². The largest absolute Gasteiger partial charge is 0.497 e. The maximum atomic E-state index is 12.9. The van der Waals surface area contributed by atoms with Crippen molar-refractivity contribution in [2.75, 3.05) is 16.7 Å². The van der Waals surface area contributed by atoms with Crippen LogP contribution in [-0.4, -0.2) is 27.6 Å². The summed E-state index contributed by atoms with van der Waals surface area (Å²) in [5, 5.41) is 0. The summed E-state index contributed by atoms with van der Waals surface area (Å²) in [6, 6.07) is 12.7. The first-order chi connectivity index (χ1) is 12.2. The average molecular weight is 377 g/mol. The van der Waals surface area contributed by atoms with Gasteiger partial charge in [0.25, 0.3) is 10.0 Å². The van der Waals surface area contributed by atoms with E-state index in [4.69, 9.17) is 4.74 Å². The third-order valence-electron chi connectivity index (χ3n) is 4.17. The molecule has 26 heavy (non-hydrogen) atoms. The molecular formula is C20H28N2O3S. The standard InChI is InChI=1S/C20H28N2O3S/c1-14(2)22(15(3)4)20-12-9-17(25-6)13-19(20)21-26(23,24)18-10-7-16(5)8-11-18/h7-15,21H,1-6H3. The zero-order valence-electron chi connectivity index (χ0n) is 16.3. The maximum Gasteiger partial charge on any atom is 0.261 e. The molecule has 0 radical (unpaired) electrons. The third kappa shape index (κ3) is 4.49. The molecule has 0 saturated heterocycles. The van der Waals surface area contributed by atoms with Crippen molar-refractivity contribution in [3.05, 3.63) is 48.0 Å². The van der Waals surface area contributed by atoms with Gasteiger partial charge >= 0.3 is 0 Å². The molecule has 0 bridgehead atoms. The van der Waals surface area contributed by atoms with E-state index in [0.717, 1.165) is 11.3 Å². The molecule has 6 heteroatoms. The van der Waals surface area contributed by atoms with Gasteiger partial charge in [0.1, 0.15) is 5.75 Å². The molecule has 0 amide bonds. The molecule has 0 aliphatic heterocycles. The van der Waals surface area contributed by atoms with Crippen LogP contribution in [0.4, 0.5) is 11.4 Å². The van der Waals surface area contributed by atoms with Crippen LogP contribution >= 0.6 is 0 Å². The molecule has 0 saturated carbocycles. The van der Waals surface area contributed by atoms with Crippen LogP contribution in [0.3, 0.4) is 0 Å². The van der Waals surface area contributed by atoms with Gasteiger partial charge in [-0.1, -0.05) is 17.7 Å². The highest BCUT2D eigenvalue weighted by Crippen LogP contribution is 2.34. The number of sulfonamides is 1. The molecule has 142 valence electrons. The van der Waals surface area contributed by atoms with Crippen molar-refractivity contribution in [1.82, 2.24) is 0 Å². The first-order valence-electron chi connectivity index (χ1n) is 8.71. The fourth-order valence-electron chi connectivity index (χ4n) is 3.02. The van der Waals surface area contributed by atoms with Crippen LogP contribution in [0.1, 0.15) is 33.3 Å². The van der Waals surface area contributed by atoms with Crippen LogP contribution in [0, 0.1) is 6.92 Å². The zero-order valence-corrected chi connectivity index (χ0v) is 17.1. The number of methoxy groups -OCH3 is 1. The van der Waals surface area contributed by atoms with Crippen LogP contribution in [0.2, 0.25) is 0 Å². The van der Waals surface area contributed by atoms with Crippen molar-refractivity contribution >= 4 is 21.4 Å². The van der Waals surface area contributed by atoms with Crippen molar-refractivity contribution < 1.29 is 13.2 Å². The van der Waals surface area contributed by atoms with Gasteiger partial charge in [-0.2, -0.15) is 0 Å². The van der Waals surface area contributed by atoms with E-state index < -0.39 is 10.0 Å². The number of benzene rings is 2. The summed E-state index contributed by atoms with van der Waals surface area (Å²) in [4.78, 5) is 2.41. The van der Waals surface area contributed by atoms with E-state index in [0.29, 0.717) is 11.4 Å². The minimum atomic E-state index is -3.69. The summed E-state index contributed by atoms with van der Waals surface area (Å²) >= 11 is 0. The predicted octanol–water partition coefficient (Wildman–Crippen LogP) is 4.43. The van der Waals surface area contributed by atoms with Crippen LogP contribution < -0.4 is 14.4 Å².